The zero-order valence-electron chi connectivity index (χ0n) is 18.4. The molecule has 0 spiro atoms. The monoisotopic (exact) mass is 464 g/mol. The fraction of sp³-hybridized carbons (Fsp3) is 0.550. The van der Waals surface area contributed by atoms with E-state index in [-0.39, 0.29) is 42.3 Å². The third-order valence-electron chi connectivity index (χ3n) is 5.98. The van der Waals surface area contributed by atoms with Gasteiger partial charge in [-0.15, -0.1) is 0 Å². The Morgan fingerprint density at radius 3 is 2.52 bits per heavy atom. The number of benzene rings is 1. The molecule has 1 aromatic rings. The summed E-state index contributed by atoms with van der Waals surface area (Å²) in [7, 11) is -0.0691. The molecular weight excluding hydrogens is 435 g/mol. The van der Waals surface area contributed by atoms with Crippen LogP contribution in [0.1, 0.15) is 35.2 Å². The van der Waals surface area contributed by atoms with Crippen molar-refractivity contribution < 1.29 is 39.4 Å². The van der Waals surface area contributed by atoms with Crippen LogP contribution < -0.4 is 21.1 Å². The first-order valence-electron chi connectivity index (χ1n) is 10.6. The molecule has 8 N–H and O–H groups in total. The van der Waals surface area contributed by atoms with E-state index >= 15 is 0 Å². The van der Waals surface area contributed by atoms with Crippen LogP contribution in [-0.2, 0) is 9.59 Å². The zero-order chi connectivity index (χ0) is 24.5. The number of hydrogen-bond acceptors (Lipinski definition) is 9. The average molecular weight is 464 g/mol. The largest absolute Gasteiger partial charge is 0.507 e. The van der Waals surface area contributed by atoms with Gasteiger partial charge in [-0.2, -0.15) is 0 Å². The van der Waals surface area contributed by atoms with Crippen molar-refractivity contribution in [3.05, 3.63) is 23.3 Å². The number of nitrogens with one attached hydrogen (secondary N) is 2. The maximum Gasteiger partial charge on any atom is 0.455 e. The third kappa shape index (κ3) is 5.56. The number of carbonyl (C=O) groups excluding carboxylic acids is 2. The Balaban J connectivity index is 1.58. The fourth-order valence-electron chi connectivity index (χ4n) is 3.99. The predicted octanol–water partition coefficient (Wildman–Crippen LogP) is -1.94. The molecule has 1 heterocycles. The van der Waals surface area contributed by atoms with Gasteiger partial charge in [0.25, 0.3) is 0 Å². The van der Waals surface area contributed by atoms with E-state index in [1.807, 2.05) is 4.90 Å². The highest BCUT2D eigenvalue weighted by Gasteiger charge is 2.48. The van der Waals surface area contributed by atoms with Crippen molar-refractivity contribution in [3.63, 3.8) is 0 Å². The fourth-order valence-corrected chi connectivity index (χ4v) is 3.99. The smallest absolute Gasteiger partial charge is 0.455 e. The number of carboxylic acids is 1. The van der Waals surface area contributed by atoms with Crippen molar-refractivity contribution in [1.82, 2.24) is 15.5 Å². The molecule has 13 heteroatoms. The van der Waals surface area contributed by atoms with Gasteiger partial charge in [0, 0.05) is 32.5 Å². The summed E-state index contributed by atoms with van der Waals surface area (Å²) in [5.41, 5.74) is 4.81. The topological polar surface area (TPSA) is 195 Å². The molecule has 2 fully saturated rings. The van der Waals surface area contributed by atoms with Gasteiger partial charge in [0.05, 0.1) is 6.54 Å². The van der Waals surface area contributed by atoms with E-state index in [1.165, 1.54) is 19.2 Å². The molecule has 0 bridgehead atoms. The lowest BCUT2D eigenvalue weighted by Gasteiger charge is -2.42. The molecular formula is C20H29BN4O8. The summed E-state index contributed by atoms with van der Waals surface area (Å²) in [6, 6.07) is 2.99. The van der Waals surface area contributed by atoms with E-state index in [1.54, 1.807) is 6.92 Å². The van der Waals surface area contributed by atoms with Gasteiger partial charge in [0.1, 0.15) is 28.7 Å². The van der Waals surface area contributed by atoms with Crippen LogP contribution >= 0.6 is 0 Å². The summed E-state index contributed by atoms with van der Waals surface area (Å²) in [5.74, 6) is -3.37. The highest BCUT2D eigenvalue weighted by molar-refractivity contribution is 6.44. The minimum absolute atomic E-state index is 0.00831. The maximum atomic E-state index is 12.2. The number of amides is 2. The first kappa shape index (κ1) is 24.8. The van der Waals surface area contributed by atoms with Crippen LogP contribution in [0.4, 0.5) is 0 Å². The number of phenols is 1. The summed E-state index contributed by atoms with van der Waals surface area (Å²) in [6.07, 6.45) is 0.0717. The highest BCUT2D eigenvalue weighted by Crippen LogP contribution is 2.56. The minimum Gasteiger partial charge on any atom is -0.507 e. The van der Waals surface area contributed by atoms with Crippen LogP contribution in [0.25, 0.3) is 0 Å². The number of carbonyl (C=O) groups is 3. The lowest BCUT2D eigenvalue weighted by Crippen LogP contribution is -2.64. The maximum absolute atomic E-state index is 12.2. The first-order valence-corrected chi connectivity index (χ1v) is 10.6. The third-order valence-corrected chi connectivity index (χ3v) is 5.98. The number of ether oxygens (including phenoxy) is 1. The number of carboxylic acid groups (broad SMARTS) is 1. The Kier molecular flexibility index (Phi) is 7.17. The summed E-state index contributed by atoms with van der Waals surface area (Å²) in [5, 5.41) is 43.5. The van der Waals surface area contributed by atoms with Crippen LogP contribution in [-0.4, -0.2) is 94.9 Å². The normalized spacial score (nSPS) is 22.0. The number of likely N-dealkylation sites (N-methyl/N-ethyl adjacent to an activating group) is 1. The average Bonchev–Trinajstić information content (AvgIpc) is 3.50. The number of aromatic carboxylic acids is 1. The summed E-state index contributed by atoms with van der Waals surface area (Å²) in [4.78, 5) is 37.1. The molecule has 0 aromatic heterocycles. The number of hydrogen-bond donors (Lipinski definition) is 7. The van der Waals surface area contributed by atoms with Crippen molar-refractivity contribution >= 4 is 24.9 Å². The molecule has 3 atom stereocenters. The Labute approximate surface area is 190 Å². The summed E-state index contributed by atoms with van der Waals surface area (Å²) >= 11 is 0. The highest BCUT2D eigenvalue weighted by atomic mass is 16.5. The molecule has 2 aliphatic rings. The molecule has 1 saturated carbocycles. The number of likely N-dealkylation sites (tertiary alicyclic amines) is 1. The van der Waals surface area contributed by atoms with Crippen LogP contribution in [0, 0.1) is 0 Å². The number of rotatable bonds is 10. The zero-order valence-corrected chi connectivity index (χ0v) is 18.4. The van der Waals surface area contributed by atoms with Crippen LogP contribution in [0.5, 0.6) is 11.5 Å². The lowest BCUT2D eigenvalue weighted by molar-refractivity contribution is -0.130. The number of nitrogens with two attached hydrogens (primary N) is 1. The molecule has 1 unspecified atom stereocenters. The van der Waals surface area contributed by atoms with Crippen LogP contribution in [0.15, 0.2) is 12.1 Å². The molecule has 3 rings (SSSR count). The molecule has 1 saturated heterocycles. The van der Waals surface area contributed by atoms with Gasteiger partial charge in [-0.25, -0.2) is 4.79 Å². The molecule has 12 nitrogen and oxygen atoms in total. The van der Waals surface area contributed by atoms with Crippen molar-refractivity contribution in [2.45, 2.75) is 36.7 Å². The Morgan fingerprint density at radius 2 is 1.97 bits per heavy atom. The van der Waals surface area contributed by atoms with Gasteiger partial charge < -0.3 is 41.4 Å². The molecule has 33 heavy (non-hydrogen) atoms. The second kappa shape index (κ2) is 9.55. The van der Waals surface area contributed by atoms with Crippen molar-refractivity contribution in [3.8, 4) is 11.5 Å². The molecule has 0 radical (unpaired) electrons. The van der Waals surface area contributed by atoms with Gasteiger partial charge in [0.2, 0.25) is 11.8 Å². The SMILES string of the molecule is CNC(=O)CNC(=O)C(C)(N)CN1CC(Oc2ccc([C@H]3C[C@H]3B(O)O)c(O)c2C(=O)O)C1. The van der Waals surface area contributed by atoms with E-state index in [0.29, 0.717) is 25.1 Å². The van der Waals surface area contributed by atoms with Crippen molar-refractivity contribution in [2.24, 2.45) is 5.73 Å². The van der Waals surface area contributed by atoms with E-state index < -0.39 is 36.1 Å². The Hall–Kier alpha value is -2.87. The predicted molar refractivity (Wildman–Crippen MR) is 117 cm³/mol. The molecule has 1 aromatic carbocycles. The van der Waals surface area contributed by atoms with Gasteiger partial charge in [0.15, 0.2) is 0 Å². The Morgan fingerprint density at radius 1 is 1.30 bits per heavy atom. The van der Waals surface area contributed by atoms with Gasteiger partial charge in [-0.3, -0.25) is 14.5 Å². The second-order valence-corrected chi connectivity index (χ2v) is 8.81. The molecule has 1 aliphatic heterocycles. The van der Waals surface area contributed by atoms with E-state index in [9.17, 15) is 34.6 Å². The van der Waals surface area contributed by atoms with Crippen LogP contribution in [0.2, 0.25) is 5.82 Å². The van der Waals surface area contributed by atoms with E-state index in [4.69, 9.17) is 10.5 Å². The summed E-state index contributed by atoms with van der Waals surface area (Å²) in [6.45, 7) is 2.35. The van der Waals surface area contributed by atoms with Crippen molar-refractivity contribution in [2.75, 3.05) is 33.2 Å². The van der Waals surface area contributed by atoms with Gasteiger partial charge in [-0.1, -0.05) is 6.07 Å². The molecule has 180 valence electrons. The molecule has 2 amide bonds. The number of aromatic hydroxyl groups is 1. The quantitative estimate of drug-likeness (QED) is 0.192. The Bertz CT molecular complexity index is 935. The van der Waals surface area contributed by atoms with Crippen molar-refractivity contribution in [1.29, 1.82) is 0 Å². The molecule has 1 aliphatic carbocycles. The lowest BCUT2D eigenvalue weighted by atomic mass is 9.81. The standard InChI is InChI=1S/C20H29BN4O8/c1-20(22,19(30)24-6-15(26)23-2)9-25-7-10(8-25)33-14-4-3-11(12-5-13(12)21(31)32)17(27)16(14)18(28)29/h3-4,10,12-13,27,31-32H,5-9,22H2,1-2H3,(H,23,26)(H,24,30)(H,28,29)/t12-,13-,20?/m1/s1. The number of nitrogens with zero attached hydrogens (tertiary/aromatic N) is 1. The minimum atomic E-state index is -1.53. The van der Waals surface area contributed by atoms with Gasteiger partial charge in [-0.05, 0) is 30.9 Å². The van der Waals surface area contributed by atoms with E-state index in [2.05, 4.69) is 10.6 Å². The van der Waals surface area contributed by atoms with Crippen LogP contribution in [0.3, 0.4) is 0 Å². The second-order valence-electron chi connectivity index (χ2n) is 8.81. The van der Waals surface area contributed by atoms with E-state index in [0.717, 1.165) is 0 Å². The first-order chi connectivity index (χ1) is 15.4. The summed E-state index contributed by atoms with van der Waals surface area (Å²) < 4.78 is 5.78. The van der Waals surface area contributed by atoms with Gasteiger partial charge >= 0.3 is 13.1 Å².